The number of halogens is 1. The van der Waals surface area contributed by atoms with Crippen LogP contribution >= 0.6 is 11.6 Å². The van der Waals surface area contributed by atoms with E-state index in [2.05, 4.69) is 29.0 Å². The van der Waals surface area contributed by atoms with Gasteiger partial charge in [-0.1, -0.05) is 6.07 Å². The van der Waals surface area contributed by atoms with Crippen molar-refractivity contribution in [1.82, 2.24) is 4.57 Å². The Bertz CT molecular complexity index is 498. The fraction of sp³-hybridized carbons (Fsp3) is 0.385. The van der Waals surface area contributed by atoms with E-state index >= 15 is 0 Å². The van der Waals surface area contributed by atoms with Crippen molar-refractivity contribution in [2.24, 2.45) is 0 Å². The number of aromatic nitrogens is 1. The third-order valence-electron chi connectivity index (χ3n) is 3.23. The fourth-order valence-corrected chi connectivity index (χ4v) is 2.80. The molecule has 0 spiro atoms. The number of rotatable bonds is 2. The van der Waals surface area contributed by atoms with Gasteiger partial charge in [-0.2, -0.15) is 0 Å². The number of hydrogen-bond acceptors (Lipinski definition) is 0. The summed E-state index contributed by atoms with van der Waals surface area (Å²) in [5.74, 6) is 0.714. The minimum absolute atomic E-state index is 0.714. The molecule has 1 nitrogen and oxygen atoms in total. The Kier molecular flexibility index (Phi) is 2.21. The number of aryl methyl sites for hydroxylation is 3. The van der Waals surface area contributed by atoms with Crippen molar-refractivity contribution in [3.8, 4) is 0 Å². The van der Waals surface area contributed by atoms with E-state index in [-0.39, 0.29) is 0 Å². The van der Waals surface area contributed by atoms with Gasteiger partial charge in [0.1, 0.15) is 0 Å². The Hall–Kier alpha value is -0.950. The maximum absolute atomic E-state index is 5.80. The van der Waals surface area contributed by atoms with E-state index in [4.69, 9.17) is 11.6 Å². The molecule has 0 fully saturated rings. The molecule has 1 aromatic heterocycles. The Morgan fingerprint density at radius 1 is 1.33 bits per heavy atom. The summed E-state index contributed by atoms with van der Waals surface area (Å²) in [6.45, 7) is 1.17. The van der Waals surface area contributed by atoms with Crippen LogP contribution < -0.4 is 0 Å². The largest absolute Gasteiger partial charge is 0.347 e. The molecule has 1 aliphatic rings. The summed E-state index contributed by atoms with van der Waals surface area (Å²) in [5.41, 5.74) is 4.33. The number of hydrogen-bond donors (Lipinski definition) is 0. The first kappa shape index (κ1) is 9.29. The van der Waals surface area contributed by atoms with Gasteiger partial charge < -0.3 is 4.57 Å². The molecule has 1 aliphatic heterocycles. The summed E-state index contributed by atoms with van der Waals surface area (Å²) in [6, 6.07) is 6.84. The van der Waals surface area contributed by atoms with Crippen molar-refractivity contribution in [3.05, 3.63) is 35.5 Å². The van der Waals surface area contributed by atoms with Crippen LogP contribution in [0.5, 0.6) is 0 Å². The van der Waals surface area contributed by atoms with Crippen LogP contribution in [0.1, 0.15) is 17.5 Å². The summed E-state index contributed by atoms with van der Waals surface area (Å²) in [7, 11) is 0. The van der Waals surface area contributed by atoms with Crippen LogP contribution in [0.25, 0.3) is 10.9 Å². The summed E-state index contributed by atoms with van der Waals surface area (Å²) >= 11 is 5.80. The molecule has 0 radical (unpaired) electrons. The van der Waals surface area contributed by atoms with Crippen molar-refractivity contribution in [1.29, 1.82) is 0 Å². The average molecular weight is 220 g/mol. The van der Waals surface area contributed by atoms with Gasteiger partial charge in [-0.15, -0.1) is 11.6 Å². The molecule has 0 saturated heterocycles. The standard InChI is InChI=1S/C13H14ClN/c14-5-3-10-8-11-2-1-6-15-7-4-12(9-10)13(11)15/h4,7-9H,1-3,5-6H2. The zero-order valence-electron chi connectivity index (χ0n) is 8.67. The molecule has 0 saturated carbocycles. The summed E-state index contributed by atoms with van der Waals surface area (Å²) < 4.78 is 2.37. The van der Waals surface area contributed by atoms with Gasteiger partial charge in [0.2, 0.25) is 0 Å². The molecule has 1 aromatic carbocycles. The monoisotopic (exact) mass is 219 g/mol. The highest BCUT2D eigenvalue weighted by molar-refractivity contribution is 6.18. The highest BCUT2D eigenvalue weighted by Crippen LogP contribution is 2.27. The van der Waals surface area contributed by atoms with Gasteiger partial charge >= 0.3 is 0 Å². The minimum Gasteiger partial charge on any atom is -0.347 e. The third-order valence-corrected chi connectivity index (χ3v) is 3.42. The van der Waals surface area contributed by atoms with Gasteiger partial charge in [0.15, 0.2) is 0 Å². The van der Waals surface area contributed by atoms with Crippen LogP contribution in [0.3, 0.4) is 0 Å². The first-order valence-corrected chi connectivity index (χ1v) is 6.08. The number of alkyl halides is 1. The van der Waals surface area contributed by atoms with Crippen molar-refractivity contribution in [2.45, 2.75) is 25.8 Å². The normalized spacial score (nSPS) is 14.7. The molecular weight excluding hydrogens is 206 g/mol. The van der Waals surface area contributed by atoms with Crippen molar-refractivity contribution in [2.75, 3.05) is 5.88 Å². The predicted molar refractivity (Wildman–Crippen MR) is 64.7 cm³/mol. The van der Waals surface area contributed by atoms with Gasteiger partial charge in [-0.25, -0.2) is 0 Å². The lowest BCUT2D eigenvalue weighted by atomic mass is 9.99. The molecular formula is C13H14ClN. The van der Waals surface area contributed by atoms with Crippen LogP contribution in [0, 0.1) is 0 Å². The molecule has 2 aromatic rings. The molecule has 0 aliphatic carbocycles. The van der Waals surface area contributed by atoms with E-state index in [1.54, 1.807) is 0 Å². The molecule has 78 valence electrons. The maximum Gasteiger partial charge on any atom is 0.0513 e. The summed E-state index contributed by atoms with van der Waals surface area (Å²) in [4.78, 5) is 0. The zero-order chi connectivity index (χ0) is 10.3. The first-order valence-electron chi connectivity index (χ1n) is 5.55. The lowest BCUT2D eigenvalue weighted by Crippen LogP contribution is -2.07. The van der Waals surface area contributed by atoms with E-state index in [1.807, 2.05) is 0 Å². The van der Waals surface area contributed by atoms with Gasteiger partial charge in [0.25, 0.3) is 0 Å². The smallest absolute Gasteiger partial charge is 0.0513 e. The predicted octanol–water partition coefficient (Wildman–Crippen LogP) is 3.37. The van der Waals surface area contributed by atoms with Crippen molar-refractivity contribution < 1.29 is 0 Å². The van der Waals surface area contributed by atoms with E-state index in [0.29, 0.717) is 5.88 Å². The first-order chi connectivity index (χ1) is 7.38. The van der Waals surface area contributed by atoms with Gasteiger partial charge in [0.05, 0.1) is 5.52 Å². The molecule has 0 atom stereocenters. The lowest BCUT2D eigenvalue weighted by molar-refractivity contribution is 0.635. The Labute approximate surface area is 94.7 Å². The van der Waals surface area contributed by atoms with Gasteiger partial charge in [-0.05, 0) is 42.5 Å². The fourth-order valence-electron chi connectivity index (χ4n) is 2.58. The van der Waals surface area contributed by atoms with Gasteiger partial charge in [-0.3, -0.25) is 0 Å². The van der Waals surface area contributed by atoms with Crippen LogP contribution in [0.2, 0.25) is 0 Å². The second kappa shape index (κ2) is 3.57. The van der Waals surface area contributed by atoms with Crippen LogP contribution in [0.15, 0.2) is 24.4 Å². The molecule has 0 N–H and O–H groups in total. The lowest BCUT2D eigenvalue weighted by Gasteiger charge is -2.16. The Morgan fingerprint density at radius 2 is 2.27 bits per heavy atom. The SMILES string of the molecule is ClCCc1cc2c3c(ccn3CCC2)c1. The van der Waals surface area contributed by atoms with Crippen LogP contribution in [-0.2, 0) is 19.4 Å². The molecule has 2 heterocycles. The van der Waals surface area contributed by atoms with Crippen molar-refractivity contribution in [3.63, 3.8) is 0 Å². The summed E-state index contributed by atoms with van der Waals surface area (Å²) in [5, 5.41) is 1.38. The van der Waals surface area contributed by atoms with Crippen LogP contribution in [-0.4, -0.2) is 10.4 Å². The van der Waals surface area contributed by atoms with Crippen LogP contribution in [0.4, 0.5) is 0 Å². The van der Waals surface area contributed by atoms with E-state index in [0.717, 1.165) is 6.42 Å². The van der Waals surface area contributed by atoms with E-state index < -0.39 is 0 Å². The topological polar surface area (TPSA) is 4.93 Å². The maximum atomic E-state index is 5.80. The second-order valence-electron chi connectivity index (χ2n) is 4.24. The number of nitrogens with zero attached hydrogens (tertiary/aromatic N) is 1. The minimum atomic E-state index is 0.714. The molecule has 15 heavy (non-hydrogen) atoms. The highest BCUT2D eigenvalue weighted by atomic mass is 35.5. The van der Waals surface area contributed by atoms with Crippen molar-refractivity contribution >= 4 is 22.5 Å². The molecule has 3 rings (SSSR count). The quantitative estimate of drug-likeness (QED) is 0.683. The van der Waals surface area contributed by atoms with E-state index in [1.165, 1.54) is 41.4 Å². The molecule has 0 unspecified atom stereocenters. The Morgan fingerprint density at radius 3 is 3.13 bits per heavy atom. The second-order valence-corrected chi connectivity index (χ2v) is 4.62. The third kappa shape index (κ3) is 1.46. The zero-order valence-corrected chi connectivity index (χ0v) is 9.43. The summed E-state index contributed by atoms with van der Waals surface area (Å²) in [6.07, 6.45) is 5.67. The Balaban J connectivity index is 2.22. The molecule has 0 amide bonds. The molecule has 0 bridgehead atoms. The van der Waals surface area contributed by atoms with E-state index in [9.17, 15) is 0 Å². The molecule has 2 heteroatoms. The highest BCUT2D eigenvalue weighted by Gasteiger charge is 2.12. The number of benzene rings is 1. The van der Waals surface area contributed by atoms with Gasteiger partial charge in [0, 0.05) is 24.0 Å². The average Bonchev–Trinajstić information content (AvgIpc) is 2.64.